The van der Waals surface area contributed by atoms with Crippen LogP contribution in [0.3, 0.4) is 0 Å². The highest BCUT2D eigenvalue weighted by Gasteiger charge is 2.27. The second-order valence-corrected chi connectivity index (χ2v) is 9.63. The fourth-order valence-corrected chi connectivity index (χ4v) is 5.00. The van der Waals surface area contributed by atoms with Gasteiger partial charge in [-0.05, 0) is 55.0 Å². The number of fused-ring (bicyclic) bond motifs is 1. The number of rotatable bonds is 9. The first-order valence-electron chi connectivity index (χ1n) is 11.6. The fraction of sp³-hybridized carbons (Fsp3) is 0.462. The van der Waals surface area contributed by atoms with Gasteiger partial charge in [-0.15, -0.1) is 0 Å². The summed E-state index contributed by atoms with van der Waals surface area (Å²) in [5.74, 6) is 1.03. The zero-order valence-electron chi connectivity index (χ0n) is 19.2. The number of nitrogens with zero attached hydrogens (tertiary/aromatic N) is 2. The topological polar surface area (TPSA) is 51.7 Å². The number of amides is 1. The quantitative estimate of drug-likeness (QED) is 0.351. The number of aromatic nitrogens is 1. The van der Waals surface area contributed by atoms with Gasteiger partial charge in [0.15, 0.2) is 5.13 Å². The van der Waals surface area contributed by atoms with Gasteiger partial charge in [-0.1, -0.05) is 56.7 Å². The molecule has 0 N–H and O–H groups in total. The molecule has 0 bridgehead atoms. The molecule has 170 valence electrons. The van der Waals surface area contributed by atoms with Crippen molar-refractivity contribution in [1.29, 1.82) is 0 Å². The van der Waals surface area contributed by atoms with Crippen LogP contribution in [0, 0.1) is 0 Å². The molecule has 1 saturated heterocycles. The Balaban J connectivity index is 1.67. The predicted octanol–water partition coefficient (Wildman–Crippen LogP) is 6.42. The Morgan fingerprint density at radius 1 is 1.28 bits per heavy atom. The van der Waals surface area contributed by atoms with Gasteiger partial charge in [-0.25, -0.2) is 4.98 Å². The van der Waals surface area contributed by atoms with Gasteiger partial charge in [0.05, 0.1) is 29.5 Å². The minimum Gasteiger partial charge on any atom is -0.494 e. The summed E-state index contributed by atoms with van der Waals surface area (Å²) in [5, 5.41) is 0.728. The summed E-state index contributed by atoms with van der Waals surface area (Å²) < 4.78 is 12.8. The van der Waals surface area contributed by atoms with E-state index in [1.54, 1.807) is 16.2 Å². The molecule has 2 heterocycles. The molecule has 1 atom stereocenters. The van der Waals surface area contributed by atoms with Crippen LogP contribution in [0.1, 0.15) is 68.3 Å². The molecule has 0 aliphatic carbocycles. The summed E-state index contributed by atoms with van der Waals surface area (Å²) in [6.07, 6.45) is 4.10. The van der Waals surface area contributed by atoms with Gasteiger partial charge in [0.25, 0.3) is 5.91 Å². The highest BCUT2D eigenvalue weighted by atomic mass is 32.1. The Bertz CT molecular complexity index is 1060. The van der Waals surface area contributed by atoms with Crippen molar-refractivity contribution in [3.05, 3.63) is 53.6 Å². The average Bonchev–Trinajstić information content (AvgIpc) is 3.46. The van der Waals surface area contributed by atoms with Crippen LogP contribution in [0.25, 0.3) is 10.2 Å². The van der Waals surface area contributed by atoms with E-state index < -0.39 is 0 Å². The summed E-state index contributed by atoms with van der Waals surface area (Å²) in [5.41, 5.74) is 2.81. The number of carbonyl (C=O) groups excluding carboxylic acids is 1. The smallest absolute Gasteiger partial charge is 0.260 e. The SMILES string of the molecule is CCCCOc1cccc(C(=O)N(CC2CCCO2)c2nc3c(C(C)C)cccc3s2)c1. The maximum atomic E-state index is 13.7. The van der Waals surface area contributed by atoms with Crippen LogP contribution in [0.4, 0.5) is 5.13 Å². The van der Waals surface area contributed by atoms with Gasteiger partial charge in [0, 0.05) is 12.2 Å². The van der Waals surface area contributed by atoms with E-state index in [1.807, 2.05) is 24.3 Å². The first-order chi connectivity index (χ1) is 15.6. The molecule has 1 fully saturated rings. The molecule has 1 amide bonds. The van der Waals surface area contributed by atoms with Crippen LogP contribution in [0.15, 0.2) is 42.5 Å². The summed E-state index contributed by atoms with van der Waals surface area (Å²) in [6.45, 7) is 8.40. The summed E-state index contributed by atoms with van der Waals surface area (Å²) in [7, 11) is 0. The lowest BCUT2D eigenvalue weighted by Crippen LogP contribution is -2.37. The van der Waals surface area contributed by atoms with E-state index in [-0.39, 0.29) is 12.0 Å². The molecule has 4 rings (SSSR count). The molecule has 1 aliphatic rings. The van der Waals surface area contributed by atoms with Crippen LogP contribution in [0.2, 0.25) is 0 Å². The molecule has 0 spiro atoms. The van der Waals surface area contributed by atoms with E-state index in [4.69, 9.17) is 14.5 Å². The lowest BCUT2D eigenvalue weighted by Gasteiger charge is -2.23. The molecule has 32 heavy (non-hydrogen) atoms. The monoisotopic (exact) mass is 452 g/mol. The maximum Gasteiger partial charge on any atom is 0.260 e. The summed E-state index contributed by atoms with van der Waals surface area (Å²) >= 11 is 1.57. The van der Waals surface area contributed by atoms with Crippen LogP contribution in [0.5, 0.6) is 5.75 Å². The molecule has 0 radical (unpaired) electrons. The maximum absolute atomic E-state index is 13.7. The average molecular weight is 453 g/mol. The van der Waals surface area contributed by atoms with Crippen LogP contribution in [-0.4, -0.2) is 36.8 Å². The molecule has 2 aromatic carbocycles. The Morgan fingerprint density at radius 3 is 2.88 bits per heavy atom. The molecular weight excluding hydrogens is 420 g/mol. The van der Waals surface area contributed by atoms with Crippen molar-refractivity contribution in [1.82, 2.24) is 4.98 Å². The normalized spacial score (nSPS) is 16.1. The van der Waals surface area contributed by atoms with Crippen molar-refractivity contribution in [2.75, 3.05) is 24.7 Å². The van der Waals surface area contributed by atoms with Gasteiger partial charge >= 0.3 is 0 Å². The number of hydrogen-bond donors (Lipinski definition) is 0. The number of ether oxygens (including phenoxy) is 2. The van der Waals surface area contributed by atoms with Crippen molar-refractivity contribution in [2.45, 2.75) is 58.5 Å². The number of anilines is 1. The Labute approximate surface area is 194 Å². The van der Waals surface area contributed by atoms with Crippen molar-refractivity contribution in [3.63, 3.8) is 0 Å². The Kier molecular flexibility index (Phi) is 7.43. The van der Waals surface area contributed by atoms with Crippen LogP contribution in [-0.2, 0) is 4.74 Å². The standard InChI is InChI=1S/C26H32N2O3S/c1-4-5-14-30-20-10-6-9-19(16-20)25(29)28(17-21-11-8-15-31-21)26-27-24-22(18(2)3)12-7-13-23(24)32-26/h6-7,9-10,12-13,16,18,21H,4-5,8,11,14-15,17H2,1-3H3. The Morgan fingerprint density at radius 2 is 2.12 bits per heavy atom. The molecule has 0 saturated carbocycles. The lowest BCUT2D eigenvalue weighted by atomic mass is 10.0. The number of thiazole rings is 1. The van der Waals surface area contributed by atoms with Crippen molar-refractivity contribution < 1.29 is 14.3 Å². The second-order valence-electron chi connectivity index (χ2n) is 8.63. The van der Waals surface area contributed by atoms with Crippen LogP contribution < -0.4 is 9.64 Å². The van der Waals surface area contributed by atoms with Gasteiger partial charge in [0.1, 0.15) is 5.75 Å². The van der Waals surface area contributed by atoms with E-state index >= 15 is 0 Å². The van der Waals surface area contributed by atoms with Gasteiger partial charge in [-0.2, -0.15) is 0 Å². The Hall–Kier alpha value is -2.44. The van der Waals surface area contributed by atoms with Crippen molar-refractivity contribution >= 4 is 32.6 Å². The third-order valence-corrected chi connectivity index (χ3v) is 6.84. The number of hydrogen-bond acceptors (Lipinski definition) is 5. The lowest BCUT2D eigenvalue weighted by molar-refractivity contribution is 0.0917. The molecule has 6 heteroatoms. The summed E-state index contributed by atoms with van der Waals surface area (Å²) in [6, 6.07) is 13.8. The molecule has 1 unspecified atom stereocenters. The van der Waals surface area contributed by atoms with E-state index in [9.17, 15) is 4.79 Å². The van der Waals surface area contributed by atoms with E-state index in [1.165, 1.54) is 5.56 Å². The zero-order chi connectivity index (χ0) is 22.5. The third-order valence-electron chi connectivity index (χ3n) is 5.79. The number of para-hydroxylation sites is 1. The first-order valence-corrected chi connectivity index (χ1v) is 12.4. The van der Waals surface area contributed by atoms with Gasteiger partial charge in [-0.3, -0.25) is 9.69 Å². The minimum absolute atomic E-state index is 0.0412. The summed E-state index contributed by atoms with van der Waals surface area (Å²) in [4.78, 5) is 20.4. The van der Waals surface area contributed by atoms with E-state index in [0.717, 1.165) is 53.4 Å². The highest BCUT2D eigenvalue weighted by Crippen LogP contribution is 2.35. The predicted molar refractivity (Wildman–Crippen MR) is 131 cm³/mol. The molecule has 5 nitrogen and oxygen atoms in total. The van der Waals surface area contributed by atoms with Gasteiger partial charge in [0.2, 0.25) is 0 Å². The van der Waals surface area contributed by atoms with Crippen molar-refractivity contribution in [2.24, 2.45) is 0 Å². The van der Waals surface area contributed by atoms with Gasteiger partial charge < -0.3 is 9.47 Å². The van der Waals surface area contributed by atoms with E-state index in [2.05, 4.69) is 39.0 Å². The van der Waals surface area contributed by atoms with E-state index in [0.29, 0.717) is 24.6 Å². The molecular formula is C26H32N2O3S. The first kappa shape index (κ1) is 22.7. The minimum atomic E-state index is -0.0633. The number of carbonyl (C=O) groups is 1. The van der Waals surface area contributed by atoms with Crippen LogP contribution >= 0.6 is 11.3 Å². The molecule has 1 aromatic heterocycles. The second kappa shape index (κ2) is 10.5. The third kappa shape index (κ3) is 5.13. The number of benzene rings is 2. The zero-order valence-corrected chi connectivity index (χ0v) is 20.0. The molecule has 3 aromatic rings. The largest absolute Gasteiger partial charge is 0.494 e. The fourth-order valence-electron chi connectivity index (χ4n) is 3.99. The molecule has 1 aliphatic heterocycles. The highest BCUT2D eigenvalue weighted by molar-refractivity contribution is 7.22. The number of unbranched alkanes of at least 4 members (excludes halogenated alkanes) is 1. The van der Waals surface area contributed by atoms with Crippen molar-refractivity contribution in [3.8, 4) is 5.75 Å².